The molecular formula is C16H32N2. The number of nitrogens with zero attached hydrogens (tertiary/aromatic N) is 1. The first-order valence-electron chi connectivity index (χ1n) is 8.21. The Morgan fingerprint density at radius 1 is 0.944 bits per heavy atom. The lowest BCUT2D eigenvalue weighted by atomic mass is 9.70. The van der Waals surface area contributed by atoms with Crippen molar-refractivity contribution < 1.29 is 0 Å². The smallest absolute Gasteiger partial charge is 0.0246 e. The van der Waals surface area contributed by atoms with Crippen LogP contribution in [0.15, 0.2) is 0 Å². The van der Waals surface area contributed by atoms with Crippen LogP contribution in [0, 0.1) is 5.92 Å². The summed E-state index contributed by atoms with van der Waals surface area (Å²) in [6.07, 6.45) is 15.5. The fraction of sp³-hybridized carbons (Fsp3) is 1.00. The van der Waals surface area contributed by atoms with Gasteiger partial charge in [-0.15, -0.1) is 0 Å². The van der Waals surface area contributed by atoms with Gasteiger partial charge in [0.05, 0.1) is 0 Å². The average molecular weight is 252 g/mol. The van der Waals surface area contributed by atoms with Gasteiger partial charge in [0.15, 0.2) is 0 Å². The topological polar surface area (TPSA) is 29.3 Å². The molecule has 1 saturated heterocycles. The number of hydrogen-bond acceptors (Lipinski definition) is 2. The van der Waals surface area contributed by atoms with Gasteiger partial charge in [0, 0.05) is 5.54 Å². The van der Waals surface area contributed by atoms with Crippen LogP contribution >= 0.6 is 0 Å². The van der Waals surface area contributed by atoms with Crippen molar-refractivity contribution in [2.24, 2.45) is 11.7 Å². The SMILES string of the molecule is CN1CCCCCCC12CCCCCCC2CN. The Hall–Kier alpha value is -0.0800. The second-order valence-electron chi connectivity index (χ2n) is 6.57. The van der Waals surface area contributed by atoms with Gasteiger partial charge < -0.3 is 10.6 Å². The third-order valence-electron chi connectivity index (χ3n) is 5.57. The summed E-state index contributed by atoms with van der Waals surface area (Å²) in [5.41, 5.74) is 6.59. The minimum Gasteiger partial charge on any atom is -0.330 e. The molecule has 0 bridgehead atoms. The summed E-state index contributed by atoms with van der Waals surface area (Å²) >= 11 is 0. The van der Waals surface area contributed by atoms with Crippen LogP contribution in [0.1, 0.15) is 70.6 Å². The molecule has 2 nitrogen and oxygen atoms in total. The Kier molecular flexibility index (Phi) is 5.50. The van der Waals surface area contributed by atoms with E-state index in [1.807, 2.05) is 0 Å². The van der Waals surface area contributed by atoms with Crippen molar-refractivity contribution >= 4 is 0 Å². The second kappa shape index (κ2) is 6.91. The quantitative estimate of drug-likeness (QED) is 0.773. The number of nitrogens with two attached hydrogens (primary N) is 1. The van der Waals surface area contributed by atoms with Crippen LogP contribution in [0.25, 0.3) is 0 Å². The van der Waals surface area contributed by atoms with Crippen molar-refractivity contribution in [3.05, 3.63) is 0 Å². The molecule has 1 saturated carbocycles. The van der Waals surface area contributed by atoms with Gasteiger partial charge in [-0.25, -0.2) is 0 Å². The van der Waals surface area contributed by atoms with Gasteiger partial charge in [-0.05, 0) is 51.7 Å². The highest BCUT2D eigenvalue weighted by Gasteiger charge is 2.41. The summed E-state index contributed by atoms with van der Waals surface area (Å²) in [5, 5.41) is 0. The average Bonchev–Trinajstić information content (AvgIpc) is 2.33. The number of likely N-dealkylation sites (tertiary alicyclic amines) is 1. The molecule has 1 aliphatic carbocycles. The zero-order chi connectivity index (χ0) is 12.8. The van der Waals surface area contributed by atoms with Gasteiger partial charge in [-0.3, -0.25) is 0 Å². The molecule has 0 aromatic carbocycles. The van der Waals surface area contributed by atoms with E-state index >= 15 is 0 Å². The molecule has 106 valence electrons. The van der Waals surface area contributed by atoms with E-state index in [1.165, 1.54) is 77.2 Å². The van der Waals surface area contributed by atoms with E-state index in [9.17, 15) is 0 Å². The normalized spacial score (nSPS) is 36.7. The van der Waals surface area contributed by atoms with Gasteiger partial charge in [-0.2, -0.15) is 0 Å². The van der Waals surface area contributed by atoms with E-state index in [-0.39, 0.29) is 0 Å². The summed E-state index contributed by atoms with van der Waals surface area (Å²) in [7, 11) is 2.37. The summed E-state index contributed by atoms with van der Waals surface area (Å²) in [4.78, 5) is 2.70. The van der Waals surface area contributed by atoms with E-state index in [2.05, 4.69) is 11.9 Å². The lowest BCUT2D eigenvalue weighted by Gasteiger charge is -2.50. The fourth-order valence-corrected chi connectivity index (χ4v) is 4.36. The predicted octanol–water partition coefficient (Wildman–Crippen LogP) is 3.55. The number of hydrogen-bond donors (Lipinski definition) is 1. The molecule has 2 fully saturated rings. The standard InChI is InChI=1S/C16H32N2/c1-18-13-9-5-4-8-12-16(18)11-7-3-2-6-10-15(16)14-17/h15H,2-14,17H2,1H3. The molecule has 1 aliphatic heterocycles. The third kappa shape index (κ3) is 3.08. The van der Waals surface area contributed by atoms with Gasteiger partial charge in [-0.1, -0.05) is 44.9 Å². The lowest BCUT2D eigenvalue weighted by Crippen LogP contribution is -2.55. The molecule has 2 heteroatoms. The first-order valence-corrected chi connectivity index (χ1v) is 8.21. The molecule has 0 aromatic rings. The van der Waals surface area contributed by atoms with Crippen LogP contribution in [0.4, 0.5) is 0 Å². The van der Waals surface area contributed by atoms with Crippen molar-refractivity contribution in [2.75, 3.05) is 20.1 Å². The molecule has 1 heterocycles. The lowest BCUT2D eigenvalue weighted by molar-refractivity contribution is 0.0175. The molecule has 2 aliphatic rings. The number of rotatable bonds is 1. The Bertz CT molecular complexity index is 233. The van der Waals surface area contributed by atoms with Crippen molar-refractivity contribution in [3.63, 3.8) is 0 Å². The fourth-order valence-electron chi connectivity index (χ4n) is 4.36. The molecule has 2 unspecified atom stereocenters. The molecular weight excluding hydrogens is 220 g/mol. The molecule has 1 spiro atoms. The minimum atomic E-state index is 0.440. The monoisotopic (exact) mass is 252 g/mol. The maximum absolute atomic E-state index is 6.15. The van der Waals surface area contributed by atoms with Gasteiger partial charge in [0.25, 0.3) is 0 Å². The predicted molar refractivity (Wildman–Crippen MR) is 78.7 cm³/mol. The summed E-state index contributed by atoms with van der Waals surface area (Å²) < 4.78 is 0. The minimum absolute atomic E-state index is 0.440. The molecule has 18 heavy (non-hydrogen) atoms. The van der Waals surface area contributed by atoms with Gasteiger partial charge in [0.1, 0.15) is 0 Å². The maximum Gasteiger partial charge on any atom is 0.0246 e. The largest absolute Gasteiger partial charge is 0.330 e. The van der Waals surface area contributed by atoms with Gasteiger partial charge in [0.2, 0.25) is 0 Å². The third-order valence-corrected chi connectivity index (χ3v) is 5.57. The van der Waals surface area contributed by atoms with E-state index < -0.39 is 0 Å². The highest BCUT2D eigenvalue weighted by atomic mass is 15.2. The Labute approximate surface area is 113 Å². The molecule has 2 N–H and O–H groups in total. The summed E-state index contributed by atoms with van der Waals surface area (Å²) in [6.45, 7) is 2.18. The van der Waals surface area contributed by atoms with Crippen LogP contribution in [0.2, 0.25) is 0 Å². The van der Waals surface area contributed by atoms with Gasteiger partial charge >= 0.3 is 0 Å². The van der Waals surface area contributed by atoms with Crippen LogP contribution in [0.3, 0.4) is 0 Å². The van der Waals surface area contributed by atoms with Crippen molar-refractivity contribution in [1.29, 1.82) is 0 Å². The maximum atomic E-state index is 6.15. The highest BCUT2D eigenvalue weighted by Crippen LogP contribution is 2.40. The zero-order valence-electron chi connectivity index (χ0n) is 12.3. The molecule has 0 amide bonds. The van der Waals surface area contributed by atoms with Crippen LogP contribution in [-0.2, 0) is 0 Å². The van der Waals surface area contributed by atoms with Crippen LogP contribution in [0.5, 0.6) is 0 Å². The molecule has 2 rings (SSSR count). The van der Waals surface area contributed by atoms with Crippen LogP contribution < -0.4 is 5.73 Å². The zero-order valence-corrected chi connectivity index (χ0v) is 12.3. The first kappa shape index (κ1) is 14.3. The first-order chi connectivity index (χ1) is 8.79. The highest BCUT2D eigenvalue weighted by molar-refractivity contribution is 4.97. The van der Waals surface area contributed by atoms with E-state index in [4.69, 9.17) is 5.73 Å². The molecule has 0 aromatic heterocycles. The Morgan fingerprint density at radius 3 is 2.22 bits per heavy atom. The second-order valence-corrected chi connectivity index (χ2v) is 6.57. The van der Waals surface area contributed by atoms with Crippen molar-refractivity contribution in [1.82, 2.24) is 4.90 Å². The van der Waals surface area contributed by atoms with Crippen LogP contribution in [-0.4, -0.2) is 30.6 Å². The Balaban J connectivity index is 2.17. The van der Waals surface area contributed by atoms with E-state index in [0.29, 0.717) is 5.54 Å². The molecule has 2 atom stereocenters. The molecule has 0 radical (unpaired) electrons. The summed E-state index contributed by atoms with van der Waals surface area (Å²) in [5.74, 6) is 0.737. The van der Waals surface area contributed by atoms with Crippen molar-refractivity contribution in [2.45, 2.75) is 76.2 Å². The Morgan fingerprint density at radius 2 is 1.56 bits per heavy atom. The van der Waals surface area contributed by atoms with E-state index in [0.717, 1.165) is 12.5 Å². The summed E-state index contributed by atoms with van der Waals surface area (Å²) in [6, 6.07) is 0. The van der Waals surface area contributed by atoms with Crippen molar-refractivity contribution in [3.8, 4) is 0 Å². The van der Waals surface area contributed by atoms with E-state index in [1.54, 1.807) is 0 Å².